The summed E-state index contributed by atoms with van der Waals surface area (Å²) in [6.45, 7) is 6.64. The lowest BCUT2D eigenvalue weighted by Crippen LogP contribution is -2.45. The van der Waals surface area contributed by atoms with Crippen LogP contribution in [0.4, 0.5) is 10.5 Å². The number of methoxy groups -OCH3 is 1. The van der Waals surface area contributed by atoms with Crippen LogP contribution in [0.1, 0.15) is 33.3 Å². The molecule has 8 heteroatoms. The number of carbonyl (C=O) groups excluding carboxylic acids is 3. The quantitative estimate of drug-likeness (QED) is 0.645. The molecule has 0 aliphatic rings. The molecule has 0 radical (unpaired) electrons. The molecule has 2 aromatic carbocycles. The van der Waals surface area contributed by atoms with Crippen molar-refractivity contribution in [2.75, 3.05) is 12.4 Å². The van der Waals surface area contributed by atoms with Gasteiger partial charge in [-0.3, -0.25) is 4.79 Å². The van der Waals surface area contributed by atoms with Crippen LogP contribution in [0.3, 0.4) is 0 Å². The van der Waals surface area contributed by atoms with E-state index in [1.165, 1.54) is 14.0 Å². The van der Waals surface area contributed by atoms with E-state index in [9.17, 15) is 14.4 Å². The number of alkyl carbamates (subject to hydrolysis) is 1. The first kappa shape index (κ1) is 23.7. The van der Waals surface area contributed by atoms with E-state index in [0.29, 0.717) is 17.2 Å². The molecule has 0 unspecified atom stereocenters. The normalized spacial score (nSPS) is 11.8. The highest BCUT2D eigenvalue weighted by atomic mass is 16.6. The van der Waals surface area contributed by atoms with Gasteiger partial charge < -0.3 is 24.8 Å². The minimum atomic E-state index is -0.896. The fraction of sp³-hybridized carbons (Fsp3) is 0.348. The summed E-state index contributed by atoms with van der Waals surface area (Å²) in [7, 11) is 1.26. The summed E-state index contributed by atoms with van der Waals surface area (Å²) in [5.41, 5.74) is 0.664. The molecule has 0 aliphatic heterocycles. The van der Waals surface area contributed by atoms with Gasteiger partial charge in [-0.25, -0.2) is 9.59 Å². The van der Waals surface area contributed by atoms with Gasteiger partial charge in [-0.05, 0) is 50.6 Å². The van der Waals surface area contributed by atoms with Gasteiger partial charge in [0.15, 0.2) is 5.75 Å². The Balaban J connectivity index is 2.08. The first-order chi connectivity index (χ1) is 14.6. The molecule has 0 fully saturated rings. The van der Waals surface area contributed by atoms with Crippen LogP contribution in [0.5, 0.6) is 11.5 Å². The minimum absolute atomic E-state index is 0.197. The minimum Gasteiger partial charge on any atom is -0.467 e. The average Bonchev–Trinajstić information content (AvgIpc) is 2.68. The number of anilines is 1. The predicted molar refractivity (Wildman–Crippen MR) is 116 cm³/mol. The van der Waals surface area contributed by atoms with E-state index in [-0.39, 0.29) is 12.3 Å². The molecule has 0 heterocycles. The van der Waals surface area contributed by atoms with Crippen molar-refractivity contribution in [1.82, 2.24) is 5.32 Å². The van der Waals surface area contributed by atoms with E-state index in [4.69, 9.17) is 14.2 Å². The Morgan fingerprint density at radius 1 is 1.00 bits per heavy atom. The summed E-state index contributed by atoms with van der Waals surface area (Å²) < 4.78 is 15.9. The first-order valence-corrected chi connectivity index (χ1v) is 9.78. The Labute approximate surface area is 181 Å². The number of amides is 2. The number of esters is 1. The van der Waals surface area contributed by atoms with Crippen molar-refractivity contribution in [2.45, 2.75) is 45.8 Å². The molecule has 2 N–H and O–H groups in total. The van der Waals surface area contributed by atoms with E-state index in [1.54, 1.807) is 69.3 Å². The number of carbonyl (C=O) groups is 3. The Morgan fingerprint density at radius 3 is 2.23 bits per heavy atom. The number of hydrogen-bond donors (Lipinski definition) is 2. The molecule has 0 spiro atoms. The van der Waals surface area contributed by atoms with Crippen molar-refractivity contribution in [3.63, 3.8) is 0 Å². The fourth-order valence-corrected chi connectivity index (χ4v) is 2.69. The molecular formula is C23H28N2O6. The van der Waals surface area contributed by atoms with Gasteiger partial charge in [-0.1, -0.05) is 24.3 Å². The summed E-state index contributed by atoms with van der Waals surface area (Å²) in [6.07, 6.45) is -0.480. The molecule has 0 bridgehead atoms. The van der Waals surface area contributed by atoms with Crippen LogP contribution in [0.2, 0.25) is 0 Å². The number of para-hydroxylation sites is 2. The van der Waals surface area contributed by atoms with Crippen LogP contribution in [0.25, 0.3) is 0 Å². The molecule has 0 saturated carbocycles. The van der Waals surface area contributed by atoms with Gasteiger partial charge in [0.1, 0.15) is 17.4 Å². The monoisotopic (exact) mass is 428 g/mol. The maximum Gasteiger partial charge on any atom is 0.408 e. The summed E-state index contributed by atoms with van der Waals surface area (Å²) in [5, 5.41) is 5.26. The Bertz CT molecular complexity index is 918. The largest absolute Gasteiger partial charge is 0.467 e. The standard InChI is InChI=1S/C23H28N2O6/c1-15(26)24-18-8-6-7-9-20(18)30-17-12-10-16(11-13-17)14-19(21(27)29-5)25-22(28)31-23(2,3)4/h6-13,19H,14H2,1-5H3,(H,24,26)(H,25,28)/t19-/m0/s1. The van der Waals surface area contributed by atoms with E-state index in [1.807, 2.05) is 0 Å². The zero-order valence-electron chi connectivity index (χ0n) is 18.4. The van der Waals surface area contributed by atoms with Crippen LogP contribution in [-0.2, 0) is 25.5 Å². The summed E-state index contributed by atoms with van der Waals surface area (Å²) in [6, 6.07) is 13.2. The third-order valence-corrected chi connectivity index (χ3v) is 3.97. The summed E-state index contributed by atoms with van der Waals surface area (Å²) in [5.74, 6) is 0.286. The molecule has 2 rings (SSSR count). The molecule has 2 amide bonds. The zero-order chi connectivity index (χ0) is 23.0. The molecule has 8 nitrogen and oxygen atoms in total. The maximum atomic E-state index is 12.1. The summed E-state index contributed by atoms with van der Waals surface area (Å²) in [4.78, 5) is 35.5. The molecule has 166 valence electrons. The third kappa shape index (κ3) is 8.00. The van der Waals surface area contributed by atoms with Crippen molar-refractivity contribution in [2.24, 2.45) is 0 Å². The molecule has 31 heavy (non-hydrogen) atoms. The Hall–Kier alpha value is -3.55. The smallest absolute Gasteiger partial charge is 0.408 e. The Kier molecular flexibility index (Phi) is 8.01. The fourth-order valence-electron chi connectivity index (χ4n) is 2.69. The maximum absolute atomic E-state index is 12.1. The number of ether oxygens (including phenoxy) is 3. The van der Waals surface area contributed by atoms with Gasteiger partial charge >= 0.3 is 12.1 Å². The van der Waals surface area contributed by atoms with Gasteiger partial charge in [0.05, 0.1) is 12.8 Å². The van der Waals surface area contributed by atoms with Crippen LogP contribution in [-0.4, -0.2) is 36.7 Å². The molecule has 0 saturated heterocycles. The second-order valence-electron chi connectivity index (χ2n) is 7.85. The van der Waals surface area contributed by atoms with Crippen LogP contribution < -0.4 is 15.4 Å². The van der Waals surface area contributed by atoms with Crippen molar-refractivity contribution < 1.29 is 28.6 Å². The van der Waals surface area contributed by atoms with Gasteiger partial charge in [-0.2, -0.15) is 0 Å². The van der Waals surface area contributed by atoms with E-state index in [0.717, 1.165) is 5.56 Å². The lowest BCUT2D eigenvalue weighted by Gasteiger charge is -2.22. The first-order valence-electron chi connectivity index (χ1n) is 9.78. The van der Waals surface area contributed by atoms with Gasteiger partial charge in [0.25, 0.3) is 0 Å². The van der Waals surface area contributed by atoms with E-state index in [2.05, 4.69) is 10.6 Å². The van der Waals surface area contributed by atoms with Gasteiger partial charge in [0.2, 0.25) is 5.91 Å². The van der Waals surface area contributed by atoms with Crippen molar-refractivity contribution in [3.8, 4) is 11.5 Å². The van der Waals surface area contributed by atoms with Gasteiger partial charge in [0, 0.05) is 13.3 Å². The second kappa shape index (κ2) is 10.5. The van der Waals surface area contributed by atoms with E-state index >= 15 is 0 Å². The van der Waals surface area contributed by atoms with Crippen molar-refractivity contribution in [1.29, 1.82) is 0 Å². The van der Waals surface area contributed by atoms with Crippen molar-refractivity contribution >= 4 is 23.7 Å². The highest BCUT2D eigenvalue weighted by molar-refractivity contribution is 5.90. The Morgan fingerprint density at radius 2 is 1.65 bits per heavy atom. The highest BCUT2D eigenvalue weighted by Gasteiger charge is 2.25. The number of hydrogen-bond acceptors (Lipinski definition) is 6. The SMILES string of the molecule is COC(=O)[C@H](Cc1ccc(Oc2ccccc2NC(C)=O)cc1)NC(=O)OC(C)(C)C. The predicted octanol–water partition coefficient (Wildman–Crippen LogP) is 4.05. The summed E-state index contributed by atoms with van der Waals surface area (Å²) >= 11 is 0. The van der Waals surface area contributed by atoms with Gasteiger partial charge in [-0.15, -0.1) is 0 Å². The number of rotatable bonds is 7. The molecule has 2 aromatic rings. The molecule has 0 aromatic heterocycles. The molecule has 0 aliphatic carbocycles. The average molecular weight is 428 g/mol. The number of benzene rings is 2. The van der Waals surface area contributed by atoms with Crippen molar-refractivity contribution in [3.05, 3.63) is 54.1 Å². The zero-order valence-corrected chi connectivity index (χ0v) is 18.4. The molecule has 1 atom stereocenters. The van der Waals surface area contributed by atoms with Crippen LogP contribution >= 0.6 is 0 Å². The lowest BCUT2D eigenvalue weighted by atomic mass is 10.1. The third-order valence-electron chi connectivity index (χ3n) is 3.97. The number of nitrogens with one attached hydrogen (secondary N) is 2. The van der Waals surface area contributed by atoms with Crippen LogP contribution in [0.15, 0.2) is 48.5 Å². The lowest BCUT2D eigenvalue weighted by molar-refractivity contribution is -0.143. The topological polar surface area (TPSA) is 103 Å². The second-order valence-corrected chi connectivity index (χ2v) is 7.85. The van der Waals surface area contributed by atoms with Crippen LogP contribution in [0, 0.1) is 0 Å². The highest BCUT2D eigenvalue weighted by Crippen LogP contribution is 2.29. The molecular weight excluding hydrogens is 400 g/mol. The van der Waals surface area contributed by atoms with E-state index < -0.39 is 23.7 Å².